The fraction of sp³-hybridized carbons (Fsp3) is 0.632. The summed E-state index contributed by atoms with van der Waals surface area (Å²) < 4.78 is 10.5. The van der Waals surface area contributed by atoms with Crippen LogP contribution >= 0.6 is 0 Å². The molecule has 0 fully saturated rings. The van der Waals surface area contributed by atoms with E-state index >= 15 is 0 Å². The van der Waals surface area contributed by atoms with Crippen LogP contribution in [-0.2, 0) is 4.74 Å². The van der Waals surface area contributed by atoms with Gasteiger partial charge < -0.3 is 14.6 Å². The van der Waals surface area contributed by atoms with Gasteiger partial charge in [0.1, 0.15) is 17.1 Å². The summed E-state index contributed by atoms with van der Waals surface area (Å²) in [5.41, 5.74) is 0.172. The van der Waals surface area contributed by atoms with Crippen molar-refractivity contribution in [3.05, 3.63) is 23.8 Å². The maximum Gasteiger partial charge on any atom is 0.341 e. The van der Waals surface area contributed by atoms with Crippen molar-refractivity contribution >= 4 is 5.97 Å². The van der Waals surface area contributed by atoms with E-state index in [1.54, 1.807) is 13.0 Å². The Morgan fingerprint density at radius 1 is 1.00 bits per heavy atom. The molecule has 0 amide bonds. The molecule has 0 saturated carbocycles. The van der Waals surface area contributed by atoms with Crippen LogP contribution in [0.4, 0.5) is 0 Å². The lowest BCUT2D eigenvalue weighted by atomic mass is 10.1. The number of hydrogen-bond donors (Lipinski definition) is 1. The van der Waals surface area contributed by atoms with E-state index < -0.39 is 5.97 Å². The van der Waals surface area contributed by atoms with Crippen molar-refractivity contribution in [2.24, 2.45) is 0 Å². The van der Waals surface area contributed by atoms with Gasteiger partial charge in [-0.3, -0.25) is 0 Å². The summed E-state index contributed by atoms with van der Waals surface area (Å²) in [7, 11) is 0. The lowest BCUT2D eigenvalue weighted by Crippen LogP contribution is -2.05. The second kappa shape index (κ2) is 11.8. The monoisotopic (exact) mass is 322 g/mol. The molecule has 0 atom stereocenters. The van der Waals surface area contributed by atoms with Crippen LogP contribution in [0.15, 0.2) is 18.2 Å². The Balaban J connectivity index is 2.20. The van der Waals surface area contributed by atoms with Gasteiger partial charge in [0.15, 0.2) is 0 Å². The van der Waals surface area contributed by atoms with Crippen LogP contribution in [-0.4, -0.2) is 24.3 Å². The first kappa shape index (κ1) is 19.3. The average molecular weight is 322 g/mol. The summed E-state index contributed by atoms with van der Waals surface area (Å²) in [6, 6.07) is 4.70. The fourth-order valence-electron chi connectivity index (χ4n) is 2.41. The van der Waals surface area contributed by atoms with Gasteiger partial charge in [0.05, 0.1) is 13.2 Å². The Hall–Kier alpha value is -1.71. The molecule has 0 saturated heterocycles. The lowest BCUT2D eigenvalue weighted by molar-refractivity contribution is 0.0523. The van der Waals surface area contributed by atoms with E-state index in [1.165, 1.54) is 57.1 Å². The highest BCUT2D eigenvalue weighted by atomic mass is 16.5. The molecule has 0 aliphatic carbocycles. The topological polar surface area (TPSA) is 55.8 Å². The van der Waals surface area contributed by atoms with Crippen LogP contribution in [0, 0.1) is 0 Å². The normalized spacial score (nSPS) is 10.5. The fourth-order valence-corrected chi connectivity index (χ4v) is 2.41. The van der Waals surface area contributed by atoms with Gasteiger partial charge >= 0.3 is 5.97 Å². The molecule has 130 valence electrons. The molecule has 0 bridgehead atoms. The van der Waals surface area contributed by atoms with E-state index in [1.807, 2.05) is 0 Å². The molecule has 23 heavy (non-hydrogen) atoms. The highest BCUT2D eigenvalue weighted by molar-refractivity contribution is 5.92. The van der Waals surface area contributed by atoms with E-state index in [0.29, 0.717) is 12.4 Å². The van der Waals surface area contributed by atoms with Crippen LogP contribution in [0.1, 0.15) is 75.6 Å². The molecule has 0 unspecified atom stereocenters. The Kier molecular flexibility index (Phi) is 9.92. The summed E-state index contributed by atoms with van der Waals surface area (Å²) >= 11 is 0. The number of phenols is 1. The number of hydrogen-bond acceptors (Lipinski definition) is 4. The van der Waals surface area contributed by atoms with Gasteiger partial charge in [-0.15, -0.1) is 0 Å². The molecule has 1 rings (SSSR count). The van der Waals surface area contributed by atoms with Crippen LogP contribution in [0.3, 0.4) is 0 Å². The first-order valence-corrected chi connectivity index (χ1v) is 8.82. The summed E-state index contributed by atoms with van der Waals surface area (Å²) in [5, 5.41) is 9.85. The zero-order chi connectivity index (χ0) is 16.9. The maximum atomic E-state index is 11.6. The quantitative estimate of drug-likeness (QED) is 0.430. The van der Waals surface area contributed by atoms with Crippen molar-refractivity contribution in [2.45, 2.75) is 65.2 Å². The number of ether oxygens (including phenoxy) is 2. The predicted octanol–water partition coefficient (Wildman–Crippen LogP) is 5.09. The minimum absolute atomic E-state index is 0.100. The average Bonchev–Trinajstić information content (AvgIpc) is 2.53. The molecule has 0 radical (unpaired) electrons. The summed E-state index contributed by atoms with van der Waals surface area (Å²) in [4.78, 5) is 11.6. The number of carbonyl (C=O) groups is 1. The third-order valence-electron chi connectivity index (χ3n) is 3.73. The Labute approximate surface area is 139 Å². The van der Waals surface area contributed by atoms with Crippen molar-refractivity contribution in [1.29, 1.82) is 0 Å². The molecule has 4 heteroatoms. The zero-order valence-corrected chi connectivity index (χ0v) is 14.5. The van der Waals surface area contributed by atoms with Crippen molar-refractivity contribution < 1.29 is 19.4 Å². The Bertz CT molecular complexity index is 457. The van der Waals surface area contributed by atoms with Gasteiger partial charge in [-0.25, -0.2) is 4.79 Å². The molecule has 0 spiro atoms. The second-order valence-corrected chi connectivity index (χ2v) is 5.72. The van der Waals surface area contributed by atoms with Crippen LogP contribution in [0.25, 0.3) is 0 Å². The molecule has 1 N–H and O–H groups in total. The molecule has 1 aromatic rings. The first-order chi connectivity index (χ1) is 11.2. The van der Waals surface area contributed by atoms with Crippen molar-refractivity contribution in [2.75, 3.05) is 13.2 Å². The molecule has 0 aromatic heterocycles. The summed E-state index contributed by atoms with van der Waals surface area (Å²) in [6.45, 7) is 4.88. The number of aromatic hydroxyl groups is 1. The minimum atomic E-state index is -0.514. The number of unbranched alkanes of at least 4 members (excludes halogenated alkanes) is 7. The number of benzene rings is 1. The highest BCUT2D eigenvalue weighted by Crippen LogP contribution is 2.24. The second-order valence-electron chi connectivity index (χ2n) is 5.72. The number of esters is 1. The number of phenolic OH excluding ortho intramolecular Hbond substituents is 1. The molecule has 0 aliphatic rings. The van der Waals surface area contributed by atoms with Crippen LogP contribution in [0.2, 0.25) is 0 Å². The Morgan fingerprint density at radius 3 is 2.26 bits per heavy atom. The third-order valence-corrected chi connectivity index (χ3v) is 3.73. The van der Waals surface area contributed by atoms with Gasteiger partial charge in [-0.2, -0.15) is 0 Å². The van der Waals surface area contributed by atoms with Crippen LogP contribution < -0.4 is 4.74 Å². The van der Waals surface area contributed by atoms with E-state index in [4.69, 9.17) is 9.47 Å². The van der Waals surface area contributed by atoms with E-state index in [0.717, 1.165) is 6.42 Å². The van der Waals surface area contributed by atoms with Crippen molar-refractivity contribution in [1.82, 2.24) is 0 Å². The molecule has 0 aliphatic heterocycles. The third kappa shape index (κ3) is 7.91. The molecular weight excluding hydrogens is 292 g/mol. The van der Waals surface area contributed by atoms with Crippen LogP contribution in [0.5, 0.6) is 11.5 Å². The van der Waals surface area contributed by atoms with E-state index in [2.05, 4.69) is 6.92 Å². The van der Waals surface area contributed by atoms with E-state index in [-0.39, 0.29) is 17.9 Å². The molecule has 1 aromatic carbocycles. The summed E-state index contributed by atoms with van der Waals surface area (Å²) in [5.74, 6) is -0.0324. The van der Waals surface area contributed by atoms with Gasteiger partial charge in [-0.1, -0.05) is 51.9 Å². The van der Waals surface area contributed by atoms with Crippen molar-refractivity contribution in [3.8, 4) is 11.5 Å². The molecule has 0 heterocycles. The SMILES string of the molecule is CCCCCCCCCCOc1ccc(C(=O)OCC)c(O)c1. The van der Waals surface area contributed by atoms with Gasteiger partial charge in [0, 0.05) is 6.07 Å². The maximum absolute atomic E-state index is 11.6. The highest BCUT2D eigenvalue weighted by Gasteiger charge is 2.12. The lowest BCUT2D eigenvalue weighted by Gasteiger charge is -2.09. The Morgan fingerprint density at radius 2 is 1.65 bits per heavy atom. The number of rotatable bonds is 12. The van der Waals surface area contributed by atoms with Gasteiger partial charge in [0.25, 0.3) is 0 Å². The zero-order valence-electron chi connectivity index (χ0n) is 14.5. The smallest absolute Gasteiger partial charge is 0.341 e. The number of carbonyl (C=O) groups excluding carboxylic acids is 1. The van der Waals surface area contributed by atoms with Gasteiger partial charge in [-0.05, 0) is 25.5 Å². The standard InChI is InChI=1S/C19H30O4/c1-3-5-6-7-8-9-10-11-14-23-16-12-13-17(18(20)15-16)19(21)22-4-2/h12-13,15,20H,3-11,14H2,1-2H3. The minimum Gasteiger partial charge on any atom is -0.507 e. The summed E-state index contributed by atoms with van der Waals surface area (Å²) in [6.07, 6.45) is 10.0. The molecular formula is C19H30O4. The van der Waals surface area contributed by atoms with Crippen molar-refractivity contribution in [3.63, 3.8) is 0 Å². The first-order valence-electron chi connectivity index (χ1n) is 8.82. The van der Waals surface area contributed by atoms with E-state index in [9.17, 15) is 9.90 Å². The van der Waals surface area contributed by atoms with Gasteiger partial charge in [0.2, 0.25) is 0 Å². The predicted molar refractivity (Wildman–Crippen MR) is 92.2 cm³/mol. The molecule has 4 nitrogen and oxygen atoms in total. The largest absolute Gasteiger partial charge is 0.507 e.